The molecule has 0 saturated carbocycles. The van der Waals surface area contributed by atoms with E-state index in [1.165, 1.54) is 0 Å². The van der Waals surface area contributed by atoms with Crippen molar-refractivity contribution in [1.29, 1.82) is 0 Å². The van der Waals surface area contributed by atoms with Gasteiger partial charge in [0.2, 0.25) is 0 Å². The van der Waals surface area contributed by atoms with Crippen molar-refractivity contribution in [2.45, 2.75) is 6.92 Å². The summed E-state index contributed by atoms with van der Waals surface area (Å²) < 4.78 is 12.3. The van der Waals surface area contributed by atoms with E-state index in [0.29, 0.717) is 17.1 Å². The lowest BCUT2D eigenvalue weighted by Crippen LogP contribution is -2.49. The van der Waals surface area contributed by atoms with Crippen molar-refractivity contribution in [3.8, 4) is 11.5 Å². The molecule has 0 aromatic heterocycles. The Bertz CT molecular complexity index is 910. The van der Waals surface area contributed by atoms with Crippen LogP contribution in [0.3, 0.4) is 0 Å². The molecule has 0 saturated heterocycles. The van der Waals surface area contributed by atoms with Gasteiger partial charge in [-0.1, -0.05) is 15.9 Å². The number of aryl methyl sites for hydroxylation is 1. The van der Waals surface area contributed by atoms with Crippen LogP contribution in [0.2, 0.25) is 0 Å². The summed E-state index contributed by atoms with van der Waals surface area (Å²) in [5.41, 5.74) is 6.21. The van der Waals surface area contributed by atoms with E-state index in [1.54, 1.807) is 31.4 Å². The number of benzene rings is 2. The zero-order valence-electron chi connectivity index (χ0n) is 15.0. The predicted molar refractivity (Wildman–Crippen MR) is 121 cm³/mol. The molecule has 3 N–H and O–H groups in total. The lowest BCUT2D eigenvalue weighted by molar-refractivity contribution is -0.121. The van der Waals surface area contributed by atoms with Gasteiger partial charge in [-0.3, -0.25) is 25.8 Å². The summed E-state index contributed by atoms with van der Waals surface area (Å²) in [5.74, 6) is 0.417. The van der Waals surface area contributed by atoms with Gasteiger partial charge in [0.1, 0.15) is 11.5 Å². The molecule has 0 aliphatic carbocycles. The molecule has 0 fully saturated rings. The highest BCUT2D eigenvalue weighted by atomic mass is 127. The number of hydrazine groups is 1. The van der Waals surface area contributed by atoms with Crippen LogP contribution in [0.25, 0.3) is 0 Å². The minimum absolute atomic E-state index is 0.0438. The molecule has 0 radical (unpaired) electrons. The minimum Gasteiger partial charge on any atom is -0.496 e. The fourth-order valence-corrected chi connectivity index (χ4v) is 3.48. The quantitative estimate of drug-likeness (QED) is 0.288. The van der Waals surface area contributed by atoms with Crippen molar-refractivity contribution in [2.75, 3.05) is 13.7 Å². The molecule has 2 aromatic rings. The Labute approximate surface area is 189 Å². The SMILES string of the molecule is COc1ccc(C(=O)NNC(=S)NC(=O)COc2ccc(Br)cc2C)cc1I. The first-order valence-electron chi connectivity index (χ1n) is 7.93. The number of nitrogens with one attached hydrogen (secondary N) is 3. The monoisotopic (exact) mass is 577 g/mol. The molecule has 0 atom stereocenters. The zero-order valence-corrected chi connectivity index (χ0v) is 19.5. The number of halogens is 2. The second-order valence-electron chi connectivity index (χ2n) is 5.50. The van der Waals surface area contributed by atoms with E-state index >= 15 is 0 Å². The molecule has 2 amide bonds. The van der Waals surface area contributed by atoms with Crippen LogP contribution in [-0.2, 0) is 4.79 Å². The Balaban J connectivity index is 1.79. The Kier molecular flexibility index (Phi) is 8.45. The molecular formula is C18H17BrIN3O4S. The Morgan fingerprint density at radius 2 is 1.86 bits per heavy atom. The largest absolute Gasteiger partial charge is 0.496 e. The van der Waals surface area contributed by atoms with Crippen molar-refractivity contribution in [3.05, 3.63) is 55.6 Å². The molecule has 148 valence electrons. The van der Waals surface area contributed by atoms with Crippen LogP contribution in [0.5, 0.6) is 11.5 Å². The summed E-state index contributed by atoms with van der Waals surface area (Å²) >= 11 is 10.4. The average Bonchev–Trinajstić information content (AvgIpc) is 2.65. The standard InChI is InChI=1S/C18H17BrIN3O4S/c1-10-7-12(19)4-6-14(10)27-9-16(24)21-18(28)23-22-17(25)11-3-5-15(26-2)13(20)8-11/h3-8H,9H2,1-2H3,(H,22,25)(H2,21,23,24,28). The number of ether oxygens (including phenoxy) is 2. The number of hydrogen-bond acceptors (Lipinski definition) is 5. The fourth-order valence-electron chi connectivity index (χ4n) is 2.11. The number of amides is 2. The van der Waals surface area contributed by atoms with Gasteiger partial charge in [-0.05, 0) is 83.7 Å². The van der Waals surface area contributed by atoms with Crippen molar-refractivity contribution >= 4 is 67.7 Å². The van der Waals surface area contributed by atoms with Gasteiger partial charge in [-0.2, -0.15) is 0 Å². The first kappa shape index (κ1) is 22.4. The van der Waals surface area contributed by atoms with Crippen LogP contribution in [0, 0.1) is 10.5 Å². The average molecular weight is 578 g/mol. The summed E-state index contributed by atoms with van der Waals surface area (Å²) in [4.78, 5) is 24.1. The van der Waals surface area contributed by atoms with E-state index in [2.05, 4.69) is 54.7 Å². The van der Waals surface area contributed by atoms with Crippen LogP contribution < -0.4 is 25.6 Å². The van der Waals surface area contributed by atoms with Crippen LogP contribution in [-0.4, -0.2) is 30.6 Å². The van der Waals surface area contributed by atoms with Crippen LogP contribution in [0.4, 0.5) is 0 Å². The summed E-state index contributed by atoms with van der Waals surface area (Å²) in [6.07, 6.45) is 0. The van der Waals surface area contributed by atoms with Crippen LogP contribution in [0.1, 0.15) is 15.9 Å². The third kappa shape index (κ3) is 6.60. The normalized spacial score (nSPS) is 10.0. The lowest BCUT2D eigenvalue weighted by Gasteiger charge is -2.12. The molecule has 7 nitrogen and oxygen atoms in total. The molecule has 0 aliphatic rings. The molecule has 2 aromatic carbocycles. The lowest BCUT2D eigenvalue weighted by atomic mass is 10.2. The van der Waals surface area contributed by atoms with E-state index in [4.69, 9.17) is 21.7 Å². The van der Waals surface area contributed by atoms with E-state index in [1.807, 2.05) is 19.1 Å². The number of carbonyl (C=O) groups excluding carboxylic acids is 2. The summed E-state index contributed by atoms with van der Waals surface area (Å²) in [6, 6.07) is 10.5. The van der Waals surface area contributed by atoms with Gasteiger partial charge in [-0.25, -0.2) is 0 Å². The highest BCUT2D eigenvalue weighted by molar-refractivity contribution is 14.1. The molecule has 28 heavy (non-hydrogen) atoms. The summed E-state index contributed by atoms with van der Waals surface area (Å²) in [6.45, 7) is 1.66. The number of rotatable bonds is 5. The van der Waals surface area contributed by atoms with Gasteiger partial charge in [0.05, 0.1) is 10.7 Å². The van der Waals surface area contributed by atoms with Gasteiger partial charge < -0.3 is 9.47 Å². The van der Waals surface area contributed by atoms with E-state index < -0.39 is 11.8 Å². The summed E-state index contributed by atoms with van der Waals surface area (Å²) in [7, 11) is 1.56. The number of hydrogen-bond donors (Lipinski definition) is 3. The highest BCUT2D eigenvalue weighted by Crippen LogP contribution is 2.22. The topological polar surface area (TPSA) is 88.7 Å². The minimum atomic E-state index is -0.451. The van der Waals surface area contributed by atoms with Gasteiger partial charge in [-0.15, -0.1) is 0 Å². The molecule has 2 rings (SSSR count). The maximum atomic E-state index is 12.1. The number of methoxy groups -OCH3 is 1. The van der Waals surface area contributed by atoms with Crippen LogP contribution in [0.15, 0.2) is 40.9 Å². The molecule has 0 spiro atoms. The van der Waals surface area contributed by atoms with Gasteiger partial charge in [0, 0.05) is 10.0 Å². The van der Waals surface area contributed by atoms with Crippen molar-refractivity contribution in [2.24, 2.45) is 0 Å². The molecule has 0 heterocycles. The second kappa shape index (κ2) is 10.6. The van der Waals surface area contributed by atoms with Gasteiger partial charge in [0.15, 0.2) is 11.7 Å². The van der Waals surface area contributed by atoms with Crippen LogP contribution >= 0.6 is 50.7 Å². The third-order valence-corrected chi connectivity index (χ3v) is 4.99. The maximum absolute atomic E-state index is 12.1. The third-order valence-electron chi connectivity index (χ3n) is 3.45. The smallest absolute Gasteiger partial charge is 0.269 e. The van der Waals surface area contributed by atoms with E-state index in [-0.39, 0.29) is 11.7 Å². The number of thiocarbonyl (C=S) groups is 1. The van der Waals surface area contributed by atoms with Crippen molar-refractivity contribution < 1.29 is 19.1 Å². The van der Waals surface area contributed by atoms with E-state index in [9.17, 15) is 9.59 Å². The van der Waals surface area contributed by atoms with Crippen molar-refractivity contribution in [1.82, 2.24) is 16.2 Å². The second-order valence-corrected chi connectivity index (χ2v) is 7.99. The summed E-state index contributed by atoms with van der Waals surface area (Å²) in [5, 5.41) is 2.38. The Morgan fingerprint density at radius 1 is 1.14 bits per heavy atom. The van der Waals surface area contributed by atoms with Gasteiger partial charge in [0.25, 0.3) is 11.8 Å². The fraction of sp³-hybridized carbons (Fsp3) is 0.167. The molecule has 0 unspecified atom stereocenters. The molecule has 10 heteroatoms. The maximum Gasteiger partial charge on any atom is 0.269 e. The first-order chi connectivity index (χ1) is 13.3. The Morgan fingerprint density at radius 3 is 2.50 bits per heavy atom. The van der Waals surface area contributed by atoms with Crippen molar-refractivity contribution in [3.63, 3.8) is 0 Å². The van der Waals surface area contributed by atoms with E-state index in [0.717, 1.165) is 13.6 Å². The number of carbonyl (C=O) groups is 2. The molecule has 0 aliphatic heterocycles. The van der Waals surface area contributed by atoms with Gasteiger partial charge >= 0.3 is 0 Å². The highest BCUT2D eigenvalue weighted by Gasteiger charge is 2.11. The molecule has 0 bridgehead atoms. The predicted octanol–water partition coefficient (Wildman–Crippen LogP) is 3.09. The Hall–Kier alpha value is -1.92. The zero-order chi connectivity index (χ0) is 20.7. The molecular weight excluding hydrogens is 561 g/mol. The first-order valence-corrected chi connectivity index (χ1v) is 10.2.